The monoisotopic (exact) mass is 252 g/mol. The van der Waals surface area contributed by atoms with Gasteiger partial charge in [0.2, 0.25) is 0 Å². The Hall–Kier alpha value is -0.940. The molecular weight excluding hydrogens is 228 g/mol. The summed E-state index contributed by atoms with van der Waals surface area (Å²) in [5.74, 6) is 2.01. The van der Waals surface area contributed by atoms with Crippen LogP contribution in [-0.2, 0) is 17.7 Å². The van der Waals surface area contributed by atoms with Crippen LogP contribution in [0.2, 0.25) is 0 Å². The summed E-state index contributed by atoms with van der Waals surface area (Å²) in [5, 5.41) is 4.27. The standard InChI is InChI=1S/C13H24N4O/c1-9(2)6-17-13(15-8-16-17)5-12(14)11-4-10(3)18-7-11/h8-12H,4-7,14H2,1-3H3. The maximum absolute atomic E-state index is 6.27. The van der Waals surface area contributed by atoms with E-state index in [-0.39, 0.29) is 6.04 Å². The third kappa shape index (κ3) is 3.29. The summed E-state index contributed by atoms with van der Waals surface area (Å²) in [6, 6.07) is 0.116. The number of nitrogens with zero attached hydrogens (tertiary/aromatic N) is 3. The van der Waals surface area contributed by atoms with Crippen molar-refractivity contribution in [1.82, 2.24) is 14.8 Å². The largest absolute Gasteiger partial charge is 0.378 e. The molecule has 3 unspecified atom stereocenters. The minimum atomic E-state index is 0.116. The van der Waals surface area contributed by atoms with Crippen molar-refractivity contribution < 1.29 is 4.74 Å². The van der Waals surface area contributed by atoms with Crippen LogP contribution in [0.15, 0.2) is 6.33 Å². The van der Waals surface area contributed by atoms with Gasteiger partial charge in [0.15, 0.2) is 0 Å². The smallest absolute Gasteiger partial charge is 0.138 e. The van der Waals surface area contributed by atoms with Crippen LogP contribution in [0.3, 0.4) is 0 Å². The van der Waals surface area contributed by atoms with Crippen LogP contribution in [0.5, 0.6) is 0 Å². The van der Waals surface area contributed by atoms with Crippen LogP contribution in [0.1, 0.15) is 33.0 Å². The van der Waals surface area contributed by atoms with Crippen LogP contribution < -0.4 is 5.73 Å². The molecule has 5 heteroatoms. The van der Waals surface area contributed by atoms with E-state index in [1.54, 1.807) is 6.33 Å². The van der Waals surface area contributed by atoms with Gasteiger partial charge in [-0.1, -0.05) is 13.8 Å². The first-order valence-electron chi connectivity index (χ1n) is 6.80. The van der Waals surface area contributed by atoms with Crippen molar-refractivity contribution in [3.63, 3.8) is 0 Å². The molecular formula is C13H24N4O. The molecule has 2 rings (SSSR count). The highest BCUT2D eigenvalue weighted by atomic mass is 16.5. The molecule has 0 radical (unpaired) electrons. The van der Waals surface area contributed by atoms with Crippen LogP contribution in [-0.4, -0.2) is 33.5 Å². The highest BCUT2D eigenvalue weighted by Crippen LogP contribution is 2.22. The summed E-state index contributed by atoms with van der Waals surface area (Å²) in [6.45, 7) is 8.14. The minimum Gasteiger partial charge on any atom is -0.378 e. The van der Waals surface area contributed by atoms with E-state index in [1.807, 2.05) is 4.68 Å². The molecule has 18 heavy (non-hydrogen) atoms. The highest BCUT2D eigenvalue weighted by Gasteiger charge is 2.28. The molecule has 0 spiro atoms. The second kappa shape index (κ2) is 5.80. The Bertz CT molecular complexity index is 377. The second-order valence-electron chi connectivity index (χ2n) is 5.76. The predicted octanol–water partition coefficient (Wildman–Crippen LogP) is 1.23. The summed E-state index contributed by atoms with van der Waals surface area (Å²) >= 11 is 0. The Morgan fingerprint density at radius 1 is 1.56 bits per heavy atom. The Morgan fingerprint density at radius 2 is 2.33 bits per heavy atom. The van der Waals surface area contributed by atoms with Crippen LogP contribution in [0, 0.1) is 11.8 Å². The summed E-state index contributed by atoms with van der Waals surface area (Å²) in [7, 11) is 0. The summed E-state index contributed by atoms with van der Waals surface area (Å²) in [6.07, 6.45) is 3.81. The lowest BCUT2D eigenvalue weighted by Crippen LogP contribution is -2.34. The first-order chi connectivity index (χ1) is 8.56. The van der Waals surface area contributed by atoms with Crippen molar-refractivity contribution in [3.8, 4) is 0 Å². The third-order valence-corrected chi connectivity index (χ3v) is 3.49. The van der Waals surface area contributed by atoms with Crippen molar-refractivity contribution in [2.45, 2.75) is 52.3 Å². The van der Waals surface area contributed by atoms with E-state index < -0.39 is 0 Å². The fraction of sp³-hybridized carbons (Fsp3) is 0.846. The first-order valence-corrected chi connectivity index (χ1v) is 6.80. The molecule has 1 fully saturated rings. The molecule has 2 N–H and O–H groups in total. The Morgan fingerprint density at radius 3 is 2.94 bits per heavy atom. The fourth-order valence-electron chi connectivity index (χ4n) is 2.47. The lowest BCUT2D eigenvalue weighted by atomic mass is 9.95. The van der Waals surface area contributed by atoms with Gasteiger partial charge in [0.05, 0.1) is 12.7 Å². The van der Waals surface area contributed by atoms with Gasteiger partial charge < -0.3 is 10.5 Å². The van der Waals surface area contributed by atoms with Gasteiger partial charge in [-0.2, -0.15) is 5.10 Å². The van der Waals surface area contributed by atoms with Gasteiger partial charge in [0.25, 0.3) is 0 Å². The lowest BCUT2D eigenvalue weighted by molar-refractivity contribution is 0.118. The number of ether oxygens (including phenoxy) is 1. The predicted molar refractivity (Wildman–Crippen MR) is 70.1 cm³/mol. The molecule has 5 nitrogen and oxygen atoms in total. The highest BCUT2D eigenvalue weighted by molar-refractivity contribution is 4.92. The number of nitrogens with two attached hydrogens (primary N) is 1. The van der Waals surface area contributed by atoms with Crippen LogP contribution in [0.25, 0.3) is 0 Å². The second-order valence-corrected chi connectivity index (χ2v) is 5.76. The number of hydrogen-bond acceptors (Lipinski definition) is 4. The average Bonchev–Trinajstić information content (AvgIpc) is 2.88. The van der Waals surface area contributed by atoms with E-state index in [2.05, 4.69) is 30.9 Å². The van der Waals surface area contributed by atoms with Crippen molar-refractivity contribution in [1.29, 1.82) is 0 Å². The van der Waals surface area contributed by atoms with Crippen LogP contribution >= 0.6 is 0 Å². The fourth-order valence-corrected chi connectivity index (χ4v) is 2.47. The van der Waals surface area contributed by atoms with Gasteiger partial charge >= 0.3 is 0 Å². The van der Waals surface area contributed by atoms with E-state index in [9.17, 15) is 0 Å². The zero-order valence-corrected chi connectivity index (χ0v) is 11.5. The SMILES string of the molecule is CC(C)Cn1ncnc1CC(N)C1COC(C)C1. The summed E-state index contributed by atoms with van der Waals surface area (Å²) in [4.78, 5) is 4.33. The molecule has 2 heterocycles. The van der Waals surface area contributed by atoms with E-state index in [4.69, 9.17) is 10.5 Å². The number of hydrogen-bond donors (Lipinski definition) is 1. The van der Waals surface area contributed by atoms with Crippen molar-refractivity contribution in [2.75, 3.05) is 6.61 Å². The van der Waals surface area contributed by atoms with E-state index in [0.717, 1.165) is 31.8 Å². The van der Waals surface area contributed by atoms with Gasteiger partial charge in [-0.25, -0.2) is 9.67 Å². The van der Waals surface area contributed by atoms with Crippen LogP contribution in [0.4, 0.5) is 0 Å². The zero-order valence-electron chi connectivity index (χ0n) is 11.5. The van der Waals surface area contributed by atoms with Crippen molar-refractivity contribution in [2.24, 2.45) is 17.6 Å². The molecule has 0 aliphatic carbocycles. The zero-order chi connectivity index (χ0) is 13.1. The van der Waals surface area contributed by atoms with E-state index in [1.165, 1.54) is 0 Å². The quantitative estimate of drug-likeness (QED) is 0.856. The normalized spacial score (nSPS) is 25.8. The Kier molecular flexibility index (Phi) is 4.35. The molecule has 1 aliphatic heterocycles. The minimum absolute atomic E-state index is 0.116. The lowest BCUT2D eigenvalue weighted by Gasteiger charge is -2.18. The van der Waals surface area contributed by atoms with Gasteiger partial charge in [-0.3, -0.25) is 0 Å². The summed E-state index contributed by atoms with van der Waals surface area (Å²) in [5.41, 5.74) is 6.27. The summed E-state index contributed by atoms with van der Waals surface area (Å²) < 4.78 is 7.55. The van der Waals surface area contributed by atoms with Gasteiger partial charge in [0.1, 0.15) is 12.2 Å². The van der Waals surface area contributed by atoms with Crippen molar-refractivity contribution in [3.05, 3.63) is 12.2 Å². The maximum Gasteiger partial charge on any atom is 0.138 e. The molecule has 0 bridgehead atoms. The number of aromatic nitrogens is 3. The van der Waals surface area contributed by atoms with Gasteiger partial charge in [-0.15, -0.1) is 0 Å². The van der Waals surface area contributed by atoms with E-state index in [0.29, 0.717) is 17.9 Å². The van der Waals surface area contributed by atoms with Gasteiger partial charge in [0, 0.05) is 24.9 Å². The average molecular weight is 252 g/mol. The molecule has 1 aromatic heterocycles. The number of rotatable bonds is 5. The molecule has 3 atom stereocenters. The molecule has 1 aromatic rings. The molecule has 102 valence electrons. The Labute approximate surface area is 109 Å². The maximum atomic E-state index is 6.27. The Balaban J connectivity index is 1.94. The van der Waals surface area contributed by atoms with E-state index >= 15 is 0 Å². The van der Waals surface area contributed by atoms with Gasteiger partial charge in [-0.05, 0) is 19.3 Å². The molecule has 1 aliphatic rings. The molecule has 0 amide bonds. The topological polar surface area (TPSA) is 66.0 Å². The molecule has 0 aromatic carbocycles. The first kappa shape index (κ1) is 13.5. The molecule has 1 saturated heterocycles. The van der Waals surface area contributed by atoms with Crippen molar-refractivity contribution >= 4 is 0 Å². The third-order valence-electron chi connectivity index (χ3n) is 3.49. The molecule has 0 saturated carbocycles.